The van der Waals surface area contributed by atoms with Crippen LogP contribution >= 0.6 is 0 Å². The van der Waals surface area contributed by atoms with Crippen molar-refractivity contribution in [2.75, 3.05) is 6.54 Å². The highest BCUT2D eigenvalue weighted by Crippen LogP contribution is 2.09. The van der Waals surface area contributed by atoms with Crippen molar-refractivity contribution in [2.24, 2.45) is 10.8 Å². The van der Waals surface area contributed by atoms with Crippen LogP contribution in [0.25, 0.3) is 16.5 Å². The molecule has 1 aromatic carbocycles. The molecule has 5 nitrogen and oxygen atoms in total. The van der Waals surface area contributed by atoms with E-state index in [-0.39, 0.29) is 6.54 Å². The van der Waals surface area contributed by atoms with Crippen LogP contribution in [0.3, 0.4) is 0 Å². The fourth-order valence-electron chi connectivity index (χ4n) is 1.13. The lowest BCUT2D eigenvalue weighted by atomic mass is 10.1. The largest absolute Gasteiger partial charge is 0.366 e. The number of nitrogens with two attached hydrogens (primary N) is 1. The second-order valence-corrected chi connectivity index (χ2v) is 2.77. The normalized spacial score (nSPS) is 9.87. The van der Waals surface area contributed by atoms with E-state index in [9.17, 15) is 4.79 Å². The minimum absolute atomic E-state index is 0.254. The van der Waals surface area contributed by atoms with Crippen LogP contribution in [0.4, 0.5) is 0 Å². The number of hydrogen-bond acceptors (Lipinski definition) is 2. The van der Waals surface area contributed by atoms with E-state index >= 15 is 0 Å². The number of amides is 1. The van der Waals surface area contributed by atoms with Gasteiger partial charge in [-0.3, -0.25) is 4.79 Å². The first-order valence-electron chi connectivity index (χ1n) is 4.32. The first-order chi connectivity index (χ1) is 7.25. The molecule has 1 rings (SSSR count). The van der Waals surface area contributed by atoms with Gasteiger partial charge in [-0.15, -0.1) is 0 Å². The number of hydrogen-bond donors (Lipinski definition) is 1. The van der Waals surface area contributed by atoms with Gasteiger partial charge in [0, 0.05) is 17.0 Å². The number of carbonyl (C=O) groups excluding carboxylic acids is 1. The van der Waals surface area contributed by atoms with Crippen molar-refractivity contribution in [3.8, 4) is 0 Å². The summed E-state index contributed by atoms with van der Waals surface area (Å²) in [5.74, 6) is -0.473. The minimum Gasteiger partial charge on any atom is -0.366 e. The molecule has 15 heavy (non-hydrogen) atoms. The van der Waals surface area contributed by atoms with Crippen LogP contribution < -0.4 is 5.73 Å². The van der Waals surface area contributed by atoms with E-state index in [1.807, 2.05) is 0 Å². The van der Waals surface area contributed by atoms with Crippen molar-refractivity contribution in [3.05, 3.63) is 51.9 Å². The molecule has 0 unspecified atom stereocenters. The van der Waals surface area contributed by atoms with E-state index in [1.54, 1.807) is 36.4 Å². The topological polar surface area (TPSA) is 91.8 Å². The monoisotopic (exact) mass is 202 g/mol. The first kappa shape index (κ1) is 10.8. The zero-order chi connectivity index (χ0) is 11.1. The zero-order valence-corrected chi connectivity index (χ0v) is 8.00. The van der Waals surface area contributed by atoms with Gasteiger partial charge in [-0.2, -0.15) is 0 Å². The molecule has 5 heteroatoms. The summed E-state index contributed by atoms with van der Waals surface area (Å²) in [5.41, 5.74) is 14.4. The molecule has 0 fully saturated rings. The van der Waals surface area contributed by atoms with Crippen molar-refractivity contribution < 1.29 is 4.79 Å². The van der Waals surface area contributed by atoms with Crippen LogP contribution in [0.5, 0.6) is 0 Å². The van der Waals surface area contributed by atoms with Crippen molar-refractivity contribution >= 4 is 12.0 Å². The molecule has 1 aromatic rings. The summed E-state index contributed by atoms with van der Waals surface area (Å²) < 4.78 is 0. The van der Waals surface area contributed by atoms with Crippen LogP contribution in [-0.2, 0) is 0 Å². The smallest absolute Gasteiger partial charge is 0.249 e. The Labute approximate surface area is 86.8 Å². The fourth-order valence-corrected chi connectivity index (χ4v) is 1.13. The summed E-state index contributed by atoms with van der Waals surface area (Å²) in [5, 5.41) is 3.34. The Morgan fingerprint density at radius 1 is 1.53 bits per heavy atom. The molecule has 0 atom stereocenters. The molecule has 76 valence electrons. The lowest BCUT2D eigenvalue weighted by Crippen LogP contribution is -2.12. The van der Waals surface area contributed by atoms with Gasteiger partial charge in [0.25, 0.3) is 0 Å². The van der Waals surface area contributed by atoms with E-state index in [0.717, 1.165) is 5.56 Å². The van der Waals surface area contributed by atoms with Gasteiger partial charge in [-0.1, -0.05) is 35.5 Å². The number of primary amides is 1. The van der Waals surface area contributed by atoms with Crippen LogP contribution in [0, 0.1) is 0 Å². The quantitative estimate of drug-likeness (QED) is 0.452. The Bertz CT molecular complexity index is 433. The third-order valence-electron chi connectivity index (χ3n) is 1.77. The number of azide groups is 1. The molecule has 1 amide bonds. The minimum atomic E-state index is -0.473. The molecular formula is C10H10N4O. The second kappa shape index (κ2) is 5.47. The van der Waals surface area contributed by atoms with Crippen LogP contribution in [-0.4, -0.2) is 12.5 Å². The molecule has 0 aliphatic carbocycles. The van der Waals surface area contributed by atoms with Crippen LogP contribution in [0.1, 0.15) is 15.9 Å². The standard InChI is InChI=1S/C10H10N4O/c11-10(15)9-6-2-1-4-8(9)5-3-7-13-14-12/h1-6H,7H2,(H2,11,15). The van der Waals surface area contributed by atoms with Gasteiger partial charge in [0.15, 0.2) is 0 Å². The molecule has 0 radical (unpaired) electrons. The third kappa shape index (κ3) is 3.17. The van der Waals surface area contributed by atoms with Gasteiger partial charge < -0.3 is 5.73 Å². The summed E-state index contributed by atoms with van der Waals surface area (Å²) in [6.07, 6.45) is 3.37. The maximum Gasteiger partial charge on any atom is 0.249 e. The Hall–Kier alpha value is -2.26. The first-order valence-corrected chi connectivity index (χ1v) is 4.32. The average Bonchev–Trinajstić information content (AvgIpc) is 2.25. The lowest BCUT2D eigenvalue weighted by Gasteiger charge is -1.99. The van der Waals surface area contributed by atoms with Crippen LogP contribution in [0.2, 0.25) is 0 Å². The van der Waals surface area contributed by atoms with Gasteiger partial charge in [-0.05, 0) is 17.2 Å². The summed E-state index contributed by atoms with van der Waals surface area (Å²) in [6, 6.07) is 6.97. The van der Waals surface area contributed by atoms with E-state index in [1.165, 1.54) is 0 Å². The molecule has 0 saturated heterocycles. The summed E-state index contributed by atoms with van der Waals surface area (Å²) >= 11 is 0. The van der Waals surface area contributed by atoms with Crippen molar-refractivity contribution in [2.45, 2.75) is 0 Å². The summed E-state index contributed by atoms with van der Waals surface area (Å²) in [7, 11) is 0. The molecule has 0 bridgehead atoms. The highest BCUT2D eigenvalue weighted by atomic mass is 16.1. The van der Waals surface area contributed by atoms with Gasteiger partial charge in [-0.25, -0.2) is 0 Å². The maximum atomic E-state index is 11.0. The fraction of sp³-hybridized carbons (Fsp3) is 0.100. The van der Waals surface area contributed by atoms with Gasteiger partial charge in [0.2, 0.25) is 5.91 Å². The average molecular weight is 202 g/mol. The highest BCUT2D eigenvalue weighted by Gasteiger charge is 2.02. The van der Waals surface area contributed by atoms with E-state index in [4.69, 9.17) is 11.3 Å². The predicted molar refractivity (Wildman–Crippen MR) is 58.0 cm³/mol. The molecule has 0 spiro atoms. The predicted octanol–water partition coefficient (Wildman–Crippen LogP) is 2.11. The SMILES string of the molecule is [N-]=[N+]=NCC=Cc1ccccc1C(N)=O. The number of benzene rings is 1. The molecular weight excluding hydrogens is 192 g/mol. The summed E-state index contributed by atoms with van der Waals surface area (Å²) in [6.45, 7) is 0.254. The maximum absolute atomic E-state index is 11.0. The third-order valence-corrected chi connectivity index (χ3v) is 1.77. The van der Waals surface area contributed by atoms with Gasteiger partial charge in [0.1, 0.15) is 0 Å². The van der Waals surface area contributed by atoms with Gasteiger partial charge >= 0.3 is 0 Å². The molecule has 0 aromatic heterocycles. The summed E-state index contributed by atoms with van der Waals surface area (Å²) in [4.78, 5) is 13.6. The number of nitrogens with zero attached hydrogens (tertiary/aromatic N) is 3. The van der Waals surface area contributed by atoms with Crippen molar-refractivity contribution in [1.29, 1.82) is 0 Å². The Morgan fingerprint density at radius 2 is 2.27 bits per heavy atom. The molecule has 0 aliphatic rings. The molecule has 0 aliphatic heterocycles. The van der Waals surface area contributed by atoms with Crippen LogP contribution in [0.15, 0.2) is 35.5 Å². The van der Waals surface area contributed by atoms with Crippen molar-refractivity contribution in [1.82, 2.24) is 0 Å². The van der Waals surface area contributed by atoms with E-state index in [2.05, 4.69) is 10.0 Å². The molecule has 0 heterocycles. The number of rotatable bonds is 4. The highest BCUT2D eigenvalue weighted by molar-refractivity contribution is 5.96. The lowest BCUT2D eigenvalue weighted by molar-refractivity contribution is 0.1000. The molecule has 0 saturated carbocycles. The Morgan fingerprint density at radius 3 is 2.93 bits per heavy atom. The molecule has 2 N–H and O–H groups in total. The van der Waals surface area contributed by atoms with E-state index in [0.29, 0.717) is 5.56 Å². The van der Waals surface area contributed by atoms with Crippen molar-refractivity contribution in [3.63, 3.8) is 0 Å². The van der Waals surface area contributed by atoms with E-state index < -0.39 is 5.91 Å². The zero-order valence-electron chi connectivity index (χ0n) is 8.00. The Kier molecular flexibility index (Phi) is 3.94. The van der Waals surface area contributed by atoms with Gasteiger partial charge in [0.05, 0.1) is 0 Å². The second-order valence-electron chi connectivity index (χ2n) is 2.77. The number of carbonyl (C=O) groups is 1. The Balaban J connectivity index is 2.88.